The average Bonchev–Trinajstić information content (AvgIpc) is 2.78. The molecule has 2 aliphatic carbocycles. The van der Waals surface area contributed by atoms with Crippen LogP contribution in [-0.2, 0) is 0 Å². The molecule has 0 heterocycles. The molecule has 34 heavy (non-hydrogen) atoms. The average molecular weight is 481 g/mol. The minimum absolute atomic E-state index is 0.151. The molecular weight excluding hydrogens is 447 g/mol. The summed E-state index contributed by atoms with van der Waals surface area (Å²) in [7, 11) is 0. The summed E-state index contributed by atoms with van der Waals surface area (Å²) in [5, 5.41) is 0. The Morgan fingerprint density at radius 1 is 0.853 bits per heavy atom. The van der Waals surface area contributed by atoms with Gasteiger partial charge in [-0.25, -0.2) is 8.78 Å². The molecule has 0 amide bonds. The lowest BCUT2D eigenvalue weighted by atomic mass is 9.63. The van der Waals surface area contributed by atoms with Crippen LogP contribution in [0.25, 0.3) is 11.1 Å². The van der Waals surface area contributed by atoms with E-state index in [0.29, 0.717) is 11.5 Å². The number of fused-ring (bicyclic) bond motifs is 1. The summed E-state index contributed by atoms with van der Waals surface area (Å²) < 4.78 is 70.9. The first kappa shape index (κ1) is 25.0. The lowest BCUT2D eigenvalue weighted by Gasteiger charge is -2.42. The largest absolute Gasteiger partial charge is 0.573 e. The molecule has 4 atom stereocenters. The molecule has 0 spiro atoms. The summed E-state index contributed by atoms with van der Waals surface area (Å²) in [6.45, 7) is 2.24. The standard InChI is InChI=1S/C28H33F5O/c1-2-3-4-5-18-6-7-21-15-22(9-8-20(21)14-18)23-16-25(29)27(26(30)17-23)19-10-12-24(13-11-19)34-28(31,32)33/h10-13,16-18,20-22H,2-9,14-15H2,1H3/t18?,20-,21-,22-/m1/s1. The quantitative estimate of drug-likeness (QED) is 0.283. The molecule has 2 saturated carbocycles. The molecule has 2 aliphatic rings. The Kier molecular flexibility index (Phi) is 7.83. The molecule has 0 aromatic heterocycles. The number of alkyl halides is 3. The molecule has 0 saturated heterocycles. The van der Waals surface area contributed by atoms with Gasteiger partial charge in [-0.1, -0.05) is 51.2 Å². The van der Waals surface area contributed by atoms with Gasteiger partial charge in [0.05, 0.1) is 5.56 Å². The van der Waals surface area contributed by atoms with Gasteiger partial charge in [-0.2, -0.15) is 0 Å². The van der Waals surface area contributed by atoms with E-state index in [4.69, 9.17) is 0 Å². The Morgan fingerprint density at radius 3 is 2.15 bits per heavy atom. The topological polar surface area (TPSA) is 9.23 Å². The van der Waals surface area contributed by atoms with Crippen molar-refractivity contribution in [2.45, 2.75) is 83.4 Å². The maximum absolute atomic E-state index is 15.0. The Labute approximate surface area is 198 Å². The molecule has 1 unspecified atom stereocenters. The molecule has 1 nitrogen and oxygen atoms in total. The van der Waals surface area contributed by atoms with Gasteiger partial charge in [0, 0.05) is 0 Å². The van der Waals surface area contributed by atoms with Gasteiger partial charge >= 0.3 is 6.36 Å². The van der Waals surface area contributed by atoms with E-state index in [0.717, 1.165) is 43.2 Å². The first-order valence-corrected chi connectivity index (χ1v) is 12.6. The molecular formula is C28H33F5O. The number of ether oxygens (including phenoxy) is 1. The second kappa shape index (κ2) is 10.7. The Bertz CT molecular complexity index is 929. The highest BCUT2D eigenvalue weighted by Crippen LogP contribution is 2.49. The van der Waals surface area contributed by atoms with Gasteiger partial charge in [0.2, 0.25) is 0 Å². The Balaban J connectivity index is 1.42. The van der Waals surface area contributed by atoms with Gasteiger partial charge < -0.3 is 4.74 Å². The normalized spacial score (nSPS) is 25.1. The van der Waals surface area contributed by atoms with Crippen molar-refractivity contribution in [3.63, 3.8) is 0 Å². The molecule has 0 N–H and O–H groups in total. The fraction of sp³-hybridized carbons (Fsp3) is 0.571. The zero-order chi connectivity index (χ0) is 24.3. The van der Waals surface area contributed by atoms with Crippen LogP contribution in [0.4, 0.5) is 22.0 Å². The predicted octanol–water partition coefficient (Wildman–Crippen LogP) is 9.41. The summed E-state index contributed by atoms with van der Waals surface area (Å²) in [6.07, 6.45) is 7.25. The highest BCUT2D eigenvalue weighted by molar-refractivity contribution is 5.66. The molecule has 4 rings (SSSR count). The van der Waals surface area contributed by atoms with Crippen molar-refractivity contribution >= 4 is 0 Å². The smallest absolute Gasteiger partial charge is 0.406 e. The van der Waals surface area contributed by atoms with Crippen LogP contribution < -0.4 is 4.74 Å². The number of unbranched alkanes of at least 4 members (excludes halogenated alkanes) is 2. The van der Waals surface area contributed by atoms with E-state index in [2.05, 4.69) is 11.7 Å². The lowest BCUT2D eigenvalue weighted by molar-refractivity contribution is -0.274. The van der Waals surface area contributed by atoms with E-state index in [1.165, 1.54) is 69.2 Å². The Morgan fingerprint density at radius 2 is 1.50 bits per heavy atom. The van der Waals surface area contributed by atoms with Crippen molar-refractivity contribution in [1.82, 2.24) is 0 Å². The number of halogens is 5. The van der Waals surface area contributed by atoms with Crippen LogP contribution in [0.15, 0.2) is 36.4 Å². The van der Waals surface area contributed by atoms with Crippen LogP contribution in [0.5, 0.6) is 5.75 Å². The van der Waals surface area contributed by atoms with Crippen molar-refractivity contribution in [3.8, 4) is 16.9 Å². The number of benzene rings is 2. The second-order valence-electron chi connectivity index (χ2n) is 10.1. The van der Waals surface area contributed by atoms with Gasteiger partial charge in [0.25, 0.3) is 0 Å². The van der Waals surface area contributed by atoms with Crippen LogP contribution in [-0.4, -0.2) is 6.36 Å². The summed E-state index contributed by atoms with van der Waals surface area (Å²) >= 11 is 0. The van der Waals surface area contributed by atoms with Crippen LogP contribution in [0.1, 0.15) is 82.6 Å². The summed E-state index contributed by atoms with van der Waals surface area (Å²) in [5.41, 5.74) is 0.657. The Hall–Kier alpha value is -2.11. The number of rotatable bonds is 7. The first-order valence-electron chi connectivity index (χ1n) is 12.6. The van der Waals surface area contributed by atoms with Crippen LogP contribution in [0.2, 0.25) is 0 Å². The van der Waals surface area contributed by atoms with E-state index in [1.54, 1.807) is 0 Å². The van der Waals surface area contributed by atoms with Crippen molar-refractivity contribution in [1.29, 1.82) is 0 Å². The van der Waals surface area contributed by atoms with E-state index in [1.807, 2.05) is 0 Å². The fourth-order valence-corrected chi connectivity index (χ4v) is 6.16. The molecule has 0 bridgehead atoms. The van der Waals surface area contributed by atoms with Crippen molar-refractivity contribution in [3.05, 3.63) is 53.6 Å². The maximum Gasteiger partial charge on any atom is 0.573 e. The fourth-order valence-electron chi connectivity index (χ4n) is 6.16. The van der Waals surface area contributed by atoms with Crippen molar-refractivity contribution < 1.29 is 26.7 Å². The third-order valence-corrected chi connectivity index (χ3v) is 7.85. The van der Waals surface area contributed by atoms with Gasteiger partial charge in [0.15, 0.2) is 0 Å². The minimum Gasteiger partial charge on any atom is -0.406 e. The van der Waals surface area contributed by atoms with Crippen LogP contribution in [0.3, 0.4) is 0 Å². The lowest BCUT2D eigenvalue weighted by Crippen LogP contribution is -2.30. The third kappa shape index (κ3) is 6.11. The number of hydrogen-bond donors (Lipinski definition) is 0. The van der Waals surface area contributed by atoms with Gasteiger partial charge in [-0.05, 0) is 91.2 Å². The summed E-state index contributed by atoms with van der Waals surface area (Å²) in [5.74, 6) is 0.578. The van der Waals surface area contributed by atoms with E-state index in [-0.39, 0.29) is 17.0 Å². The van der Waals surface area contributed by atoms with Gasteiger partial charge in [-0.3, -0.25) is 0 Å². The van der Waals surface area contributed by atoms with Gasteiger partial charge in [0.1, 0.15) is 17.4 Å². The highest BCUT2D eigenvalue weighted by atomic mass is 19.4. The molecule has 2 aromatic carbocycles. The van der Waals surface area contributed by atoms with Crippen LogP contribution >= 0.6 is 0 Å². The van der Waals surface area contributed by atoms with E-state index >= 15 is 8.78 Å². The predicted molar refractivity (Wildman–Crippen MR) is 124 cm³/mol. The maximum atomic E-state index is 15.0. The third-order valence-electron chi connectivity index (χ3n) is 7.85. The van der Waals surface area contributed by atoms with E-state index in [9.17, 15) is 13.2 Å². The summed E-state index contributed by atoms with van der Waals surface area (Å²) in [4.78, 5) is 0. The molecule has 2 fully saturated rings. The van der Waals surface area contributed by atoms with Crippen molar-refractivity contribution in [2.75, 3.05) is 0 Å². The highest BCUT2D eigenvalue weighted by Gasteiger charge is 2.36. The second-order valence-corrected chi connectivity index (χ2v) is 10.1. The molecule has 0 aliphatic heterocycles. The molecule has 186 valence electrons. The zero-order valence-electron chi connectivity index (χ0n) is 19.6. The molecule has 2 aromatic rings. The first-order chi connectivity index (χ1) is 16.2. The van der Waals surface area contributed by atoms with Crippen molar-refractivity contribution in [2.24, 2.45) is 17.8 Å². The summed E-state index contributed by atoms with van der Waals surface area (Å²) in [6, 6.07) is 7.45. The molecule has 6 heteroatoms. The zero-order valence-corrected chi connectivity index (χ0v) is 19.6. The monoisotopic (exact) mass is 480 g/mol. The SMILES string of the molecule is CCCCCC1CC[C@@H]2C[C@H](c3cc(F)c(-c4ccc(OC(F)(F)F)cc4)c(F)c3)CC[C@@H]2C1. The van der Waals surface area contributed by atoms with E-state index < -0.39 is 23.7 Å². The number of hydrogen-bond acceptors (Lipinski definition) is 1. The minimum atomic E-state index is -4.81. The van der Waals surface area contributed by atoms with Crippen LogP contribution in [0, 0.1) is 29.4 Å². The van der Waals surface area contributed by atoms with Gasteiger partial charge in [-0.15, -0.1) is 13.2 Å². The molecule has 0 radical (unpaired) electrons.